The van der Waals surface area contributed by atoms with Gasteiger partial charge in [-0.25, -0.2) is 4.98 Å². The topological polar surface area (TPSA) is 29.9 Å². The van der Waals surface area contributed by atoms with Gasteiger partial charge in [-0.2, -0.15) is 0 Å². The zero-order chi connectivity index (χ0) is 14.7. The van der Waals surface area contributed by atoms with Crippen molar-refractivity contribution >= 4 is 11.3 Å². The van der Waals surface area contributed by atoms with Crippen LogP contribution in [0.5, 0.6) is 0 Å². The third kappa shape index (κ3) is 3.23. The number of hydrogen-bond acceptors (Lipinski definition) is 3. The fourth-order valence-corrected chi connectivity index (χ4v) is 3.27. The van der Waals surface area contributed by atoms with Gasteiger partial charge in [0.1, 0.15) is 11.9 Å². The van der Waals surface area contributed by atoms with E-state index in [4.69, 9.17) is 0 Å². The molecule has 2 aromatic heterocycles. The van der Waals surface area contributed by atoms with Crippen LogP contribution in [0.4, 0.5) is 0 Å². The Morgan fingerprint density at radius 1 is 1.29 bits per heavy atom. The molecule has 0 amide bonds. The minimum absolute atomic E-state index is 0.130. The van der Waals surface area contributed by atoms with E-state index in [0.717, 1.165) is 12.4 Å². The second-order valence-electron chi connectivity index (χ2n) is 5.21. The van der Waals surface area contributed by atoms with Crippen molar-refractivity contribution in [1.29, 1.82) is 0 Å². The quantitative estimate of drug-likeness (QED) is 0.778. The van der Waals surface area contributed by atoms with Crippen molar-refractivity contribution in [1.82, 2.24) is 14.9 Å². The molecule has 1 N–H and O–H groups in total. The largest absolute Gasteiger partial charge is 0.336 e. The van der Waals surface area contributed by atoms with Gasteiger partial charge in [0.25, 0.3) is 0 Å². The van der Waals surface area contributed by atoms with E-state index in [1.165, 1.54) is 16.0 Å². The molecule has 0 spiro atoms. The number of rotatable bonds is 5. The van der Waals surface area contributed by atoms with Crippen molar-refractivity contribution in [2.45, 2.75) is 19.5 Å². The molecule has 3 aromatic rings. The zero-order valence-electron chi connectivity index (χ0n) is 12.3. The molecule has 1 atom stereocenters. The van der Waals surface area contributed by atoms with Crippen LogP contribution in [0.1, 0.15) is 27.9 Å². The van der Waals surface area contributed by atoms with E-state index >= 15 is 0 Å². The summed E-state index contributed by atoms with van der Waals surface area (Å²) in [5.41, 5.74) is 2.59. The van der Waals surface area contributed by atoms with Gasteiger partial charge in [-0.05, 0) is 23.9 Å². The molecule has 0 aliphatic heterocycles. The summed E-state index contributed by atoms with van der Waals surface area (Å²) < 4.78 is 2.08. The Morgan fingerprint density at radius 3 is 2.86 bits per heavy atom. The molecule has 0 saturated heterocycles. The third-order valence-corrected chi connectivity index (χ3v) is 4.47. The van der Waals surface area contributed by atoms with Gasteiger partial charge < -0.3 is 4.57 Å². The van der Waals surface area contributed by atoms with Crippen LogP contribution < -0.4 is 5.32 Å². The number of aromatic nitrogens is 2. The summed E-state index contributed by atoms with van der Waals surface area (Å²) in [6, 6.07) is 13.0. The summed E-state index contributed by atoms with van der Waals surface area (Å²) in [5, 5.41) is 5.75. The van der Waals surface area contributed by atoms with Crippen molar-refractivity contribution < 1.29 is 0 Å². The normalized spacial score (nSPS) is 12.5. The predicted molar refractivity (Wildman–Crippen MR) is 87.4 cm³/mol. The van der Waals surface area contributed by atoms with Gasteiger partial charge in [0, 0.05) is 30.9 Å². The summed E-state index contributed by atoms with van der Waals surface area (Å²) in [7, 11) is 2.04. The average molecular weight is 297 g/mol. The van der Waals surface area contributed by atoms with Crippen molar-refractivity contribution in [2.24, 2.45) is 7.05 Å². The molecule has 0 bridgehead atoms. The summed E-state index contributed by atoms with van der Waals surface area (Å²) in [6.07, 6.45) is 3.84. The maximum Gasteiger partial charge on any atom is 0.131 e. The molecule has 2 heterocycles. The lowest BCUT2D eigenvalue weighted by Gasteiger charge is -2.17. The lowest BCUT2D eigenvalue weighted by molar-refractivity contribution is 0.565. The fraction of sp³-hybridized carbons (Fsp3) is 0.235. The van der Waals surface area contributed by atoms with Crippen molar-refractivity contribution in [2.75, 3.05) is 0 Å². The van der Waals surface area contributed by atoms with E-state index in [1.54, 1.807) is 11.3 Å². The number of hydrogen-bond donors (Lipinski definition) is 1. The van der Waals surface area contributed by atoms with Gasteiger partial charge in [-0.3, -0.25) is 5.32 Å². The number of imidazole rings is 1. The van der Waals surface area contributed by atoms with Gasteiger partial charge >= 0.3 is 0 Å². The molecule has 0 aliphatic rings. The lowest BCUT2D eigenvalue weighted by Crippen LogP contribution is -2.24. The maximum atomic E-state index is 4.51. The SMILES string of the molecule is Cc1cccc(CNC(c2cccs2)c2nccn2C)c1. The van der Waals surface area contributed by atoms with Crippen LogP contribution >= 0.6 is 11.3 Å². The molecule has 1 aromatic carbocycles. The molecule has 0 saturated carbocycles. The second-order valence-corrected chi connectivity index (χ2v) is 6.19. The Balaban J connectivity index is 1.82. The predicted octanol–water partition coefficient (Wildman–Crippen LogP) is 3.67. The minimum Gasteiger partial charge on any atom is -0.336 e. The van der Waals surface area contributed by atoms with Crippen LogP contribution in [-0.2, 0) is 13.6 Å². The van der Waals surface area contributed by atoms with Gasteiger partial charge in [-0.1, -0.05) is 35.9 Å². The molecule has 3 nitrogen and oxygen atoms in total. The van der Waals surface area contributed by atoms with E-state index < -0.39 is 0 Å². The monoisotopic (exact) mass is 297 g/mol. The first kappa shape index (κ1) is 14.0. The van der Waals surface area contributed by atoms with E-state index in [9.17, 15) is 0 Å². The van der Waals surface area contributed by atoms with Crippen LogP contribution in [-0.4, -0.2) is 9.55 Å². The summed E-state index contributed by atoms with van der Waals surface area (Å²) in [5.74, 6) is 1.05. The molecule has 3 rings (SSSR count). The van der Waals surface area contributed by atoms with Crippen molar-refractivity contribution in [3.63, 3.8) is 0 Å². The van der Waals surface area contributed by atoms with Gasteiger partial charge in [0.15, 0.2) is 0 Å². The van der Waals surface area contributed by atoms with Crippen LogP contribution in [0, 0.1) is 6.92 Å². The first-order valence-corrected chi connectivity index (χ1v) is 7.91. The Bertz CT molecular complexity index is 700. The molecule has 4 heteroatoms. The number of nitrogens with one attached hydrogen (secondary N) is 1. The first-order chi connectivity index (χ1) is 10.2. The number of nitrogens with zero attached hydrogens (tertiary/aromatic N) is 2. The summed E-state index contributed by atoms with van der Waals surface area (Å²) >= 11 is 1.76. The molecular weight excluding hydrogens is 278 g/mol. The molecule has 1 unspecified atom stereocenters. The molecule has 108 valence electrons. The Kier molecular flexibility index (Phi) is 4.18. The van der Waals surface area contributed by atoms with E-state index in [2.05, 4.69) is 63.6 Å². The van der Waals surface area contributed by atoms with Gasteiger partial charge in [-0.15, -0.1) is 11.3 Å². The number of benzene rings is 1. The maximum absolute atomic E-state index is 4.51. The number of thiophene rings is 1. The zero-order valence-corrected chi connectivity index (χ0v) is 13.1. The first-order valence-electron chi connectivity index (χ1n) is 7.03. The van der Waals surface area contributed by atoms with Gasteiger partial charge in [0.2, 0.25) is 0 Å². The van der Waals surface area contributed by atoms with Crippen LogP contribution in [0.2, 0.25) is 0 Å². The van der Waals surface area contributed by atoms with E-state index in [1.807, 2.05) is 19.4 Å². The van der Waals surface area contributed by atoms with Crippen LogP contribution in [0.15, 0.2) is 54.2 Å². The highest BCUT2D eigenvalue weighted by Gasteiger charge is 2.18. The molecule has 0 aliphatic carbocycles. The molecule has 0 radical (unpaired) electrons. The highest BCUT2D eigenvalue weighted by molar-refractivity contribution is 7.10. The molecule has 21 heavy (non-hydrogen) atoms. The van der Waals surface area contributed by atoms with E-state index in [-0.39, 0.29) is 6.04 Å². The molecular formula is C17H19N3S. The standard InChI is InChI=1S/C17H19N3S/c1-13-5-3-6-14(11-13)12-19-16(15-7-4-10-21-15)17-18-8-9-20(17)2/h3-11,16,19H,12H2,1-2H3. The molecule has 0 fully saturated rings. The highest BCUT2D eigenvalue weighted by Crippen LogP contribution is 2.25. The lowest BCUT2D eigenvalue weighted by atomic mass is 10.1. The fourth-order valence-electron chi connectivity index (χ4n) is 2.47. The second kappa shape index (κ2) is 6.24. The Morgan fingerprint density at radius 2 is 2.19 bits per heavy atom. The summed E-state index contributed by atoms with van der Waals surface area (Å²) in [4.78, 5) is 5.80. The Labute approximate surface area is 129 Å². The van der Waals surface area contributed by atoms with E-state index in [0.29, 0.717) is 0 Å². The summed E-state index contributed by atoms with van der Waals surface area (Å²) in [6.45, 7) is 2.95. The Hall–Kier alpha value is -1.91. The number of aryl methyl sites for hydroxylation is 2. The highest BCUT2D eigenvalue weighted by atomic mass is 32.1. The average Bonchev–Trinajstić information content (AvgIpc) is 3.12. The smallest absolute Gasteiger partial charge is 0.131 e. The third-order valence-electron chi connectivity index (χ3n) is 3.54. The van der Waals surface area contributed by atoms with Crippen molar-refractivity contribution in [3.05, 3.63) is 76.0 Å². The van der Waals surface area contributed by atoms with Crippen LogP contribution in [0.25, 0.3) is 0 Å². The minimum atomic E-state index is 0.130. The van der Waals surface area contributed by atoms with Crippen LogP contribution in [0.3, 0.4) is 0 Å². The van der Waals surface area contributed by atoms with Crippen molar-refractivity contribution in [3.8, 4) is 0 Å². The van der Waals surface area contributed by atoms with Gasteiger partial charge in [0.05, 0.1) is 0 Å².